The van der Waals surface area contributed by atoms with E-state index in [1.807, 2.05) is 37.3 Å². The Balaban J connectivity index is 2.61. The molecule has 0 aliphatic rings. The van der Waals surface area contributed by atoms with Gasteiger partial charge < -0.3 is 9.53 Å². The molecule has 0 fully saturated rings. The molecule has 0 saturated heterocycles. The molecule has 0 aromatic heterocycles. The summed E-state index contributed by atoms with van der Waals surface area (Å²) < 4.78 is 6.20. The molecule has 0 amide bonds. The van der Waals surface area contributed by atoms with Crippen LogP contribution in [0.5, 0.6) is 5.75 Å². The summed E-state index contributed by atoms with van der Waals surface area (Å²) >= 11 is 3.53. The molecule has 2 nitrogen and oxygen atoms in total. The number of carbonyl (C=O) groups excluding carboxylic acids is 1. The van der Waals surface area contributed by atoms with Crippen molar-refractivity contribution in [2.24, 2.45) is 0 Å². The molecule has 0 aliphatic heterocycles. The molecular weight excluding hydrogens is 280 g/mol. The van der Waals surface area contributed by atoms with E-state index in [9.17, 15) is 4.79 Å². The first-order valence-corrected chi connectivity index (χ1v) is 6.18. The van der Waals surface area contributed by atoms with Crippen LogP contribution in [-0.2, 0) is 4.79 Å². The van der Waals surface area contributed by atoms with Crippen LogP contribution in [0.15, 0.2) is 34.8 Å². The van der Waals surface area contributed by atoms with Crippen LogP contribution >= 0.6 is 15.9 Å². The van der Waals surface area contributed by atoms with Crippen LogP contribution < -0.4 is 4.74 Å². The van der Waals surface area contributed by atoms with Gasteiger partial charge in [0.15, 0.2) is 0 Å². The fraction of sp³-hybridized carbons (Fsp3) is 0.214. The van der Waals surface area contributed by atoms with Crippen molar-refractivity contribution in [2.45, 2.75) is 12.8 Å². The molecule has 0 bridgehead atoms. The summed E-state index contributed by atoms with van der Waals surface area (Å²) in [6, 6.07) is 9.95. The average molecular weight is 293 g/mol. The summed E-state index contributed by atoms with van der Waals surface area (Å²) in [5.74, 6) is 0.744. The van der Waals surface area contributed by atoms with Crippen molar-refractivity contribution in [3.63, 3.8) is 0 Å². The lowest BCUT2D eigenvalue weighted by molar-refractivity contribution is -0.108. The van der Waals surface area contributed by atoms with Gasteiger partial charge in [-0.05, 0) is 38.3 Å². The molecule has 1 atom stereocenters. The molecule has 88 valence electrons. The third-order valence-corrected chi connectivity index (χ3v) is 3.71. The fourth-order valence-corrected chi connectivity index (χ4v) is 2.46. The molecule has 2 rings (SSSR count). The topological polar surface area (TPSA) is 26.3 Å². The number of halogens is 1. The zero-order valence-electron chi connectivity index (χ0n) is 9.74. The first-order valence-electron chi connectivity index (χ1n) is 5.39. The minimum absolute atomic E-state index is 0.0692. The smallest absolute Gasteiger partial charge is 0.133 e. The summed E-state index contributed by atoms with van der Waals surface area (Å²) in [6.45, 7) is 1.90. The Hall–Kier alpha value is -1.35. The maximum Gasteiger partial charge on any atom is 0.133 e. The Bertz CT molecular complexity index is 563. The SMILES string of the molecule is COc1ccc2cc(C(C)C=O)ccc2c1Br. The lowest BCUT2D eigenvalue weighted by Crippen LogP contribution is -1.94. The van der Waals surface area contributed by atoms with Gasteiger partial charge >= 0.3 is 0 Å². The minimum Gasteiger partial charge on any atom is -0.496 e. The summed E-state index contributed by atoms with van der Waals surface area (Å²) in [4.78, 5) is 10.8. The minimum atomic E-state index is -0.0692. The van der Waals surface area contributed by atoms with Crippen molar-refractivity contribution in [1.29, 1.82) is 0 Å². The van der Waals surface area contributed by atoms with E-state index < -0.39 is 0 Å². The van der Waals surface area contributed by atoms with Crippen molar-refractivity contribution >= 4 is 33.0 Å². The highest BCUT2D eigenvalue weighted by Gasteiger charge is 2.08. The van der Waals surface area contributed by atoms with E-state index in [1.54, 1.807) is 7.11 Å². The van der Waals surface area contributed by atoms with Crippen LogP contribution in [0.3, 0.4) is 0 Å². The number of carbonyl (C=O) groups is 1. The molecule has 1 unspecified atom stereocenters. The Morgan fingerprint density at radius 1 is 1.29 bits per heavy atom. The average Bonchev–Trinajstić information content (AvgIpc) is 2.38. The molecule has 0 radical (unpaired) electrons. The number of hydrogen-bond donors (Lipinski definition) is 0. The number of hydrogen-bond acceptors (Lipinski definition) is 2. The van der Waals surface area contributed by atoms with Crippen molar-refractivity contribution in [3.8, 4) is 5.75 Å². The Morgan fingerprint density at radius 2 is 2.06 bits per heavy atom. The quantitative estimate of drug-likeness (QED) is 0.802. The third-order valence-electron chi connectivity index (χ3n) is 2.89. The van der Waals surface area contributed by atoms with Crippen molar-refractivity contribution in [2.75, 3.05) is 7.11 Å². The van der Waals surface area contributed by atoms with Gasteiger partial charge in [-0.15, -0.1) is 0 Å². The predicted molar refractivity (Wildman–Crippen MR) is 72.7 cm³/mol. The highest BCUT2D eigenvalue weighted by molar-refractivity contribution is 9.10. The molecule has 0 aliphatic carbocycles. The van der Waals surface area contributed by atoms with Gasteiger partial charge in [0, 0.05) is 5.92 Å². The number of ether oxygens (including phenoxy) is 1. The van der Waals surface area contributed by atoms with Crippen LogP contribution in [0, 0.1) is 0 Å². The Morgan fingerprint density at radius 3 is 2.71 bits per heavy atom. The maximum absolute atomic E-state index is 10.8. The first-order chi connectivity index (χ1) is 8.17. The van der Waals surface area contributed by atoms with Crippen LogP contribution in [0.4, 0.5) is 0 Å². The van der Waals surface area contributed by atoms with Gasteiger partial charge in [-0.1, -0.05) is 31.2 Å². The van der Waals surface area contributed by atoms with Crippen molar-refractivity contribution < 1.29 is 9.53 Å². The zero-order chi connectivity index (χ0) is 12.4. The molecule has 2 aromatic carbocycles. The highest BCUT2D eigenvalue weighted by Crippen LogP contribution is 2.34. The van der Waals surface area contributed by atoms with E-state index in [0.717, 1.165) is 32.8 Å². The monoisotopic (exact) mass is 292 g/mol. The van der Waals surface area contributed by atoms with Crippen molar-refractivity contribution in [3.05, 3.63) is 40.4 Å². The summed E-state index contributed by atoms with van der Waals surface area (Å²) in [7, 11) is 1.65. The lowest BCUT2D eigenvalue weighted by Gasteiger charge is -2.09. The number of aldehydes is 1. The summed E-state index contributed by atoms with van der Waals surface area (Å²) in [5.41, 5.74) is 1.03. The number of methoxy groups -OCH3 is 1. The molecule has 0 spiro atoms. The molecular formula is C14H13BrO2. The fourth-order valence-electron chi connectivity index (χ4n) is 1.81. The van der Waals surface area contributed by atoms with E-state index in [1.165, 1.54) is 0 Å². The summed E-state index contributed by atoms with van der Waals surface area (Å²) in [5, 5.41) is 2.19. The number of benzene rings is 2. The van der Waals surface area contributed by atoms with Crippen LogP contribution in [0.1, 0.15) is 18.4 Å². The maximum atomic E-state index is 10.8. The first kappa shape index (κ1) is 12.1. The molecule has 3 heteroatoms. The standard InChI is InChI=1S/C14H13BrO2/c1-9(8-16)10-3-5-12-11(7-10)4-6-13(17-2)14(12)15/h3-9H,1-2H3. The van der Waals surface area contributed by atoms with Gasteiger partial charge in [-0.25, -0.2) is 0 Å². The number of fused-ring (bicyclic) bond motifs is 1. The van der Waals surface area contributed by atoms with Gasteiger partial charge in [0.1, 0.15) is 12.0 Å². The zero-order valence-corrected chi connectivity index (χ0v) is 11.3. The molecule has 0 N–H and O–H groups in total. The van der Waals surface area contributed by atoms with Gasteiger partial charge in [-0.3, -0.25) is 0 Å². The predicted octanol–water partition coefficient (Wildman–Crippen LogP) is 3.91. The molecule has 0 saturated carbocycles. The number of rotatable bonds is 3. The van der Waals surface area contributed by atoms with E-state index in [0.29, 0.717) is 0 Å². The van der Waals surface area contributed by atoms with E-state index in [-0.39, 0.29) is 5.92 Å². The Kier molecular flexibility index (Phi) is 3.48. The van der Waals surface area contributed by atoms with E-state index in [2.05, 4.69) is 15.9 Å². The van der Waals surface area contributed by atoms with Crippen molar-refractivity contribution in [1.82, 2.24) is 0 Å². The van der Waals surface area contributed by atoms with Crippen LogP contribution in [0.2, 0.25) is 0 Å². The molecule has 17 heavy (non-hydrogen) atoms. The normalized spacial score (nSPS) is 12.4. The van der Waals surface area contributed by atoms with Gasteiger partial charge in [-0.2, -0.15) is 0 Å². The lowest BCUT2D eigenvalue weighted by atomic mass is 9.99. The van der Waals surface area contributed by atoms with E-state index in [4.69, 9.17) is 4.74 Å². The largest absolute Gasteiger partial charge is 0.496 e. The second-order valence-electron chi connectivity index (χ2n) is 3.99. The van der Waals surface area contributed by atoms with E-state index >= 15 is 0 Å². The van der Waals surface area contributed by atoms with Crippen LogP contribution in [0.25, 0.3) is 10.8 Å². The van der Waals surface area contributed by atoms with Crippen LogP contribution in [-0.4, -0.2) is 13.4 Å². The highest BCUT2D eigenvalue weighted by atomic mass is 79.9. The third kappa shape index (κ3) is 2.20. The second-order valence-corrected chi connectivity index (χ2v) is 4.78. The molecule has 0 heterocycles. The van der Waals surface area contributed by atoms with Gasteiger partial charge in [0.05, 0.1) is 11.6 Å². The van der Waals surface area contributed by atoms with Gasteiger partial charge in [0.2, 0.25) is 0 Å². The Labute approximate surface area is 109 Å². The van der Waals surface area contributed by atoms with Gasteiger partial charge in [0.25, 0.3) is 0 Å². The summed E-state index contributed by atoms with van der Waals surface area (Å²) in [6.07, 6.45) is 0.958. The second kappa shape index (κ2) is 4.88. The molecule has 2 aromatic rings.